The number of hydrogen-bond acceptors (Lipinski definition) is 5. The van der Waals surface area contributed by atoms with Crippen LogP contribution in [0, 0.1) is 0 Å². The van der Waals surface area contributed by atoms with E-state index < -0.39 is 24.1 Å². The Morgan fingerprint density at radius 1 is 1.22 bits per heavy atom. The van der Waals surface area contributed by atoms with E-state index in [4.69, 9.17) is 4.74 Å². The van der Waals surface area contributed by atoms with Crippen molar-refractivity contribution in [3.8, 4) is 0 Å². The van der Waals surface area contributed by atoms with Crippen molar-refractivity contribution in [3.63, 3.8) is 0 Å². The van der Waals surface area contributed by atoms with Crippen molar-refractivity contribution in [1.29, 1.82) is 0 Å². The van der Waals surface area contributed by atoms with Gasteiger partial charge in [0, 0.05) is 5.57 Å². The summed E-state index contributed by atoms with van der Waals surface area (Å²) in [7, 11) is 0. The third kappa shape index (κ3) is 7.35. The number of carbonyl (C=O) groups excluding carboxylic acids is 3. The Kier molecular flexibility index (Phi) is 7.66. The first-order chi connectivity index (χ1) is 10.9. The lowest BCUT2D eigenvalue weighted by atomic mass is 10.1. The summed E-state index contributed by atoms with van der Waals surface area (Å²) in [6, 6.07) is 8.69. The maximum Gasteiger partial charge on any atom is 0.348 e. The predicted molar refractivity (Wildman–Crippen MR) is 81.1 cm³/mol. The molecule has 0 saturated heterocycles. The van der Waals surface area contributed by atoms with Crippen molar-refractivity contribution < 1.29 is 28.2 Å². The first-order valence-electron chi connectivity index (χ1n) is 7.15. The highest BCUT2D eigenvalue weighted by Gasteiger charge is 2.22. The molecule has 6 heteroatoms. The Morgan fingerprint density at radius 2 is 1.87 bits per heavy atom. The molecule has 0 saturated carbocycles. The van der Waals surface area contributed by atoms with Gasteiger partial charge in [0.15, 0.2) is 6.17 Å². The Bertz CT molecular complexity index is 568. The molecular formula is C17H19FO5. The minimum Gasteiger partial charge on any atom is -0.462 e. The first-order valence-corrected chi connectivity index (χ1v) is 7.15. The smallest absolute Gasteiger partial charge is 0.348 e. The highest BCUT2D eigenvalue weighted by Crippen LogP contribution is 2.07. The molecule has 1 rings (SSSR count). The Morgan fingerprint density at radius 3 is 2.48 bits per heavy atom. The molecule has 0 aliphatic heterocycles. The fourth-order valence-electron chi connectivity index (χ4n) is 1.64. The van der Waals surface area contributed by atoms with Gasteiger partial charge >= 0.3 is 17.9 Å². The van der Waals surface area contributed by atoms with Crippen molar-refractivity contribution in [2.24, 2.45) is 0 Å². The number of carbonyl (C=O) groups is 3. The molecule has 0 aromatic heterocycles. The number of halogens is 1. The second-order valence-electron chi connectivity index (χ2n) is 4.98. The Hall–Kier alpha value is -2.50. The zero-order valence-electron chi connectivity index (χ0n) is 12.9. The minimum absolute atomic E-state index is 0.0304. The van der Waals surface area contributed by atoms with Gasteiger partial charge in [-0.2, -0.15) is 0 Å². The van der Waals surface area contributed by atoms with Gasteiger partial charge in [-0.25, -0.2) is 14.0 Å². The van der Waals surface area contributed by atoms with E-state index in [9.17, 15) is 18.8 Å². The molecular weight excluding hydrogens is 303 g/mol. The molecule has 1 atom stereocenters. The summed E-state index contributed by atoms with van der Waals surface area (Å²) in [5.74, 6) is -2.60. The number of rotatable bonds is 8. The van der Waals surface area contributed by atoms with Gasteiger partial charge in [-0.3, -0.25) is 4.79 Å². The molecule has 0 amide bonds. The molecule has 0 fully saturated rings. The van der Waals surface area contributed by atoms with Crippen molar-refractivity contribution in [3.05, 3.63) is 48.0 Å². The minimum atomic E-state index is -1.93. The summed E-state index contributed by atoms with van der Waals surface area (Å²) in [4.78, 5) is 34.1. The zero-order chi connectivity index (χ0) is 17.2. The van der Waals surface area contributed by atoms with Crippen molar-refractivity contribution in [1.82, 2.24) is 0 Å². The Balaban J connectivity index is 2.27. The van der Waals surface area contributed by atoms with Crippen LogP contribution in [0.25, 0.3) is 0 Å². The highest BCUT2D eigenvalue weighted by molar-refractivity contribution is 5.88. The summed E-state index contributed by atoms with van der Waals surface area (Å²) >= 11 is 0. The van der Waals surface area contributed by atoms with Crippen LogP contribution in [-0.2, 0) is 30.3 Å². The lowest BCUT2D eigenvalue weighted by molar-refractivity contribution is -0.163. The quantitative estimate of drug-likeness (QED) is 0.318. The van der Waals surface area contributed by atoms with Crippen LogP contribution in [0.2, 0.25) is 0 Å². The van der Waals surface area contributed by atoms with Crippen molar-refractivity contribution in [2.75, 3.05) is 6.61 Å². The molecule has 0 heterocycles. The highest BCUT2D eigenvalue weighted by atomic mass is 19.1. The molecule has 0 N–H and O–H groups in total. The van der Waals surface area contributed by atoms with E-state index in [1.165, 1.54) is 6.92 Å². The molecule has 0 radical (unpaired) electrons. The molecule has 1 aromatic carbocycles. The van der Waals surface area contributed by atoms with Gasteiger partial charge < -0.3 is 9.47 Å². The third-order valence-electron chi connectivity index (χ3n) is 2.84. The second kappa shape index (κ2) is 9.50. The van der Waals surface area contributed by atoms with Gasteiger partial charge in [0.2, 0.25) is 0 Å². The molecule has 23 heavy (non-hydrogen) atoms. The van der Waals surface area contributed by atoms with Gasteiger partial charge in [0.05, 0.1) is 13.0 Å². The second-order valence-corrected chi connectivity index (χ2v) is 4.98. The SMILES string of the molecule is C=C(C)C(=O)OCCCC(F)C(=O)OC(=O)Cc1ccccc1. The van der Waals surface area contributed by atoms with E-state index in [0.29, 0.717) is 5.56 Å². The van der Waals surface area contributed by atoms with Crippen LogP contribution in [0.3, 0.4) is 0 Å². The summed E-state index contributed by atoms with van der Waals surface area (Å²) in [5.41, 5.74) is 0.917. The zero-order valence-corrected chi connectivity index (χ0v) is 12.9. The maximum atomic E-state index is 13.6. The van der Waals surface area contributed by atoms with Crippen LogP contribution >= 0.6 is 0 Å². The van der Waals surface area contributed by atoms with Gasteiger partial charge in [-0.05, 0) is 25.3 Å². The standard InChI is InChI=1S/C17H19FO5/c1-12(2)16(20)22-10-6-9-14(18)17(21)23-15(19)11-13-7-4-3-5-8-13/h3-5,7-8,14H,1,6,9-11H2,2H3. The topological polar surface area (TPSA) is 69.7 Å². The molecule has 0 spiro atoms. The summed E-state index contributed by atoms with van der Waals surface area (Å²) in [6.45, 7) is 4.87. The molecule has 1 unspecified atom stereocenters. The number of esters is 3. The molecule has 1 aromatic rings. The monoisotopic (exact) mass is 322 g/mol. The molecule has 5 nitrogen and oxygen atoms in total. The molecule has 0 bridgehead atoms. The average Bonchev–Trinajstić information content (AvgIpc) is 2.51. The largest absolute Gasteiger partial charge is 0.462 e. The predicted octanol–water partition coefficient (Wildman–Crippen LogP) is 2.54. The van der Waals surface area contributed by atoms with E-state index in [1.807, 2.05) is 0 Å². The lowest BCUT2D eigenvalue weighted by Crippen LogP contribution is -2.24. The van der Waals surface area contributed by atoms with Crippen LogP contribution < -0.4 is 0 Å². The number of benzene rings is 1. The lowest BCUT2D eigenvalue weighted by Gasteiger charge is -2.08. The third-order valence-corrected chi connectivity index (χ3v) is 2.84. The van der Waals surface area contributed by atoms with E-state index in [-0.39, 0.29) is 31.4 Å². The number of hydrogen-bond donors (Lipinski definition) is 0. The van der Waals surface area contributed by atoms with E-state index >= 15 is 0 Å². The first kappa shape index (κ1) is 18.5. The van der Waals surface area contributed by atoms with E-state index in [0.717, 1.165) is 0 Å². The van der Waals surface area contributed by atoms with Crippen LogP contribution in [0.15, 0.2) is 42.5 Å². The normalized spacial score (nSPS) is 11.4. The molecule has 124 valence electrons. The van der Waals surface area contributed by atoms with Crippen LogP contribution in [0.1, 0.15) is 25.3 Å². The van der Waals surface area contributed by atoms with Gasteiger partial charge in [0.25, 0.3) is 0 Å². The number of ether oxygens (including phenoxy) is 2. The van der Waals surface area contributed by atoms with Gasteiger partial charge in [-0.1, -0.05) is 36.9 Å². The summed E-state index contributed by atoms with van der Waals surface area (Å²) in [6.07, 6.45) is -2.09. The van der Waals surface area contributed by atoms with Gasteiger partial charge in [-0.15, -0.1) is 0 Å². The number of alkyl halides is 1. The van der Waals surface area contributed by atoms with Crippen LogP contribution in [0.4, 0.5) is 4.39 Å². The maximum absolute atomic E-state index is 13.6. The average molecular weight is 322 g/mol. The van der Waals surface area contributed by atoms with Crippen molar-refractivity contribution in [2.45, 2.75) is 32.4 Å². The Labute approximate surface area is 134 Å². The van der Waals surface area contributed by atoms with Crippen LogP contribution in [-0.4, -0.2) is 30.7 Å². The van der Waals surface area contributed by atoms with Crippen LogP contribution in [0.5, 0.6) is 0 Å². The summed E-state index contributed by atoms with van der Waals surface area (Å²) in [5, 5.41) is 0. The fraction of sp³-hybridized carbons (Fsp3) is 0.353. The molecule has 0 aliphatic rings. The van der Waals surface area contributed by atoms with E-state index in [1.54, 1.807) is 30.3 Å². The fourth-order valence-corrected chi connectivity index (χ4v) is 1.64. The molecule has 0 aliphatic carbocycles. The summed E-state index contributed by atoms with van der Waals surface area (Å²) < 4.78 is 22.8. The van der Waals surface area contributed by atoms with Crippen molar-refractivity contribution >= 4 is 17.9 Å². The van der Waals surface area contributed by atoms with E-state index in [2.05, 4.69) is 11.3 Å². The van der Waals surface area contributed by atoms with Gasteiger partial charge in [0.1, 0.15) is 0 Å².